The van der Waals surface area contributed by atoms with E-state index in [1.54, 1.807) is 5.01 Å². The van der Waals surface area contributed by atoms with Gasteiger partial charge in [0.15, 0.2) is 0 Å². The summed E-state index contributed by atoms with van der Waals surface area (Å²) in [7, 11) is 1.90. The normalized spacial score (nSPS) is 10.8. The molecule has 0 fully saturated rings. The second-order valence-electron chi connectivity index (χ2n) is 4.44. The number of rotatable bonds is 5. The molecular formula is C15H18N4. The average Bonchev–Trinajstić information content (AvgIpc) is 2.40. The van der Waals surface area contributed by atoms with Gasteiger partial charge in [-0.2, -0.15) is 5.11 Å². The van der Waals surface area contributed by atoms with Crippen LogP contribution in [0.1, 0.15) is 11.1 Å². The molecule has 0 radical (unpaired) electrons. The minimum Gasteiger partial charge on any atom is -0.399 e. The molecule has 2 aromatic rings. The van der Waals surface area contributed by atoms with E-state index in [0.717, 1.165) is 16.8 Å². The fourth-order valence-corrected chi connectivity index (χ4v) is 1.79. The first-order chi connectivity index (χ1) is 9.24. The van der Waals surface area contributed by atoms with E-state index in [9.17, 15) is 0 Å². The Morgan fingerprint density at radius 2 is 1.74 bits per heavy atom. The van der Waals surface area contributed by atoms with Gasteiger partial charge in [0, 0.05) is 12.7 Å². The summed E-state index contributed by atoms with van der Waals surface area (Å²) in [6.45, 7) is 1.30. The lowest BCUT2D eigenvalue weighted by Gasteiger charge is -2.11. The number of nitrogens with zero attached hydrogens (tertiary/aromatic N) is 3. The third-order valence-electron chi connectivity index (χ3n) is 2.67. The second kappa shape index (κ2) is 6.54. The predicted octanol–water partition coefficient (Wildman–Crippen LogP) is 3.27. The molecule has 2 rings (SSSR count). The fourth-order valence-electron chi connectivity index (χ4n) is 1.79. The zero-order chi connectivity index (χ0) is 13.5. The standard InChI is InChI=1S/C15H18N4/c1-19(12-14-8-5-9-15(16)10-14)18-17-11-13-6-3-2-4-7-13/h2-10H,11-12,16H2,1H3. The van der Waals surface area contributed by atoms with E-state index < -0.39 is 0 Å². The van der Waals surface area contributed by atoms with Gasteiger partial charge in [-0.25, -0.2) is 0 Å². The molecule has 4 nitrogen and oxygen atoms in total. The van der Waals surface area contributed by atoms with Gasteiger partial charge in [0.05, 0.1) is 13.1 Å². The molecule has 2 aromatic carbocycles. The van der Waals surface area contributed by atoms with E-state index in [1.165, 1.54) is 0 Å². The van der Waals surface area contributed by atoms with E-state index in [1.807, 2.05) is 61.6 Å². The van der Waals surface area contributed by atoms with Gasteiger partial charge in [-0.3, -0.25) is 5.01 Å². The van der Waals surface area contributed by atoms with Gasteiger partial charge in [0.1, 0.15) is 0 Å². The maximum atomic E-state index is 5.74. The number of hydrogen-bond donors (Lipinski definition) is 1. The highest BCUT2D eigenvalue weighted by molar-refractivity contribution is 5.40. The maximum absolute atomic E-state index is 5.74. The van der Waals surface area contributed by atoms with Crippen molar-refractivity contribution in [3.63, 3.8) is 0 Å². The van der Waals surface area contributed by atoms with Crippen molar-refractivity contribution in [3.8, 4) is 0 Å². The van der Waals surface area contributed by atoms with Crippen LogP contribution >= 0.6 is 0 Å². The van der Waals surface area contributed by atoms with E-state index in [4.69, 9.17) is 5.73 Å². The van der Waals surface area contributed by atoms with Crippen molar-refractivity contribution in [2.24, 2.45) is 10.3 Å². The number of anilines is 1. The van der Waals surface area contributed by atoms with Crippen LogP contribution in [0.4, 0.5) is 5.69 Å². The number of benzene rings is 2. The smallest absolute Gasteiger partial charge is 0.0870 e. The molecule has 0 atom stereocenters. The van der Waals surface area contributed by atoms with Gasteiger partial charge >= 0.3 is 0 Å². The van der Waals surface area contributed by atoms with Gasteiger partial charge in [-0.15, -0.1) is 0 Å². The van der Waals surface area contributed by atoms with Crippen molar-refractivity contribution in [1.82, 2.24) is 5.01 Å². The third-order valence-corrected chi connectivity index (χ3v) is 2.67. The van der Waals surface area contributed by atoms with Crippen LogP contribution in [-0.2, 0) is 13.1 Å². The highest BCUT2D eigenvalue weighted by Gasteiger charge is 1.97. The molecule has 98 valence electrons. The first-order valence-electron chi connectivity index (χ1n) is 6.21. The molecule has 0 heterocycles. The van der Waals surface area contributed by atoms with E-state index in [-0.39, 0.29) is 0 Å². The van der Waals surface area contributed by atoms with E-state index in [0.29, 0.717) is 13.1 Å². The number of nitrogen functional groups attached to an aromatic ring is 1. The van der Waals surface area contributed by atoms with Gasteiger partial charge in [0.2, 0.25) is 0 Å². The Hall–Kier alpha value is -2.36. The summed E-state index contributed by atoms with van der Waals surface area (Å²) in [6, 6.07) is 17.9. The third kappa shape index (κ3) is 4.43. The first-order valence-corrected chi connectivity index (χ1v) is 6.21. The van der Waals surface area contributed by atoms with Gasteiger partial charge in [-0.05, 0) is 23.3 Å². The summed E-state index contributed by atoms with van der Waals surface area (Å²) in [5, 5.41) is 10.1. The van der Waals surface area contributed by atoms with Crippen molar-refractivity contribution in [3.05, 3.63) is 65.7 Å². The van der Waals surface area contributed by atoms with Crippen LogP contribution in [0.3, 0.4) is 0 Å². The van der Waals surface area contributed by atoms with Crippen molar-refractivity contribution >= 4 is 5.69 Å². The van der Waals surface area contributed by atoms with Crippen LogP contribution in [0, 0.1) is 0 Å². The zero-order valence-electron chi connectivity index (χ0n) is 11.0. The van der Waals surface area contributed by atoms with Crippen LogP contribution in [0.25, 0.3) is 0 Å². The van der Waals surface area contributed by atoms with Gasteiger partial charge in [-0.1, -0.05) is 47.7 Å². The highest BCUT2D eigenvalue weighted by atomic mass is 15.5. The maximum Gasteiger partial charge on any atom is 0.0870 e. The molecule has 0 aromatic heterocycles. The highest BCUT2D eigenvalue weighted by Crippen LogP contribution is 2.09. The molecule has 0 unspecified atom stereocenters. The SMILES string of the molecule is CN(Cc1cccc(N)c1)N=NCc1ccccc1. The van der Waals surface area contributed by atoms with Gasteiger partial charge in [0.25, 0.3) is 0 Å². The molecule has 0 spiro atoms. The summed E-state index contributed by atoms with van der Waals surface area (Å²) in [5.74, 6) is 0. The summed E-state index contributed by atoms with van der Waals surface area (Å²) in [5.41, 5.74) is 8.79. The molecular weight excluding hydrogens is 236 g/mol. The van der Waals surface area contributed by atoms with E-state index in [2.05, 4.69) is 10.3 Å². The van der Waals surface area contributed by atoms with Crippen molar-refractivity contribution < 1.29 is 0 Å². The lowest BCUT2D eigenvalue weighted by molar-refractivity contribution is 0.317. The Kier molecular flexibility index (Phi) is 4.50. The first kappa shape index (κ1) is 13.1. The van der Waals surface area contributed by atoms with Crippen molar-refractivity contribution in [1.29, 1.82) is 0 Å². The lowest BCUT2D eigenvalue weighted by Crippen LogP contribution is -2.09. The quantitative estimate of drug-likeness (QED) is 0.506. The minimum atomic E-state index is 0.599. The Morgan fingerprint density at radius 3 is 2.47 bits per heavy atom. The Labute approximate surface area is 113 Å². The topological polar surface area (TPSA) is 54.0 Å². The summed E-state index contributed by atoms with van der Waals surface area (Å²) < 4.78 is 0. The largest absolute Gasteiger partial charge is 0.399 e. The molecule has 19 heavy (non-hydrogen) atoms. The predicted molar refractivity (Wildman–Crippen MR) is 77.3 cm³/mol. The molecule has 2 N–H and O–H groups in total. The molecule has 0 aliphatic rings. The van der Waals surface area contributed by atoms with Crippen molar-refractivity contribution in [2.75, 3.05) is 12.8 Å². The Balaban J connectivity index is 1.86. The molecule has 4 heteroatoms. The summed E-state index contributed by atoms with van der Waals surface area (Å²) in [6.07, 6.45) is 0. The monoisotopic (exact) mass is 254 g/mol. The fraction of sp³-hybridized carbons (Fsp3) is 0.200. The molecule has 0 saturated heterocycles. The number of hydrogen-bond acceptors (Lipinski definition) is 3. The van der Waals surface area contributed by atoms with Crippen LogP contribution in [0.2, 0.25) is 0 Å². The van der Waals surface area contributed by atoms with Crippen LogP contribution in [0.5, 0.6) is 0 Å². The molecule has 0 aliphatic carbocycles. The Morgan fingerprint density at radius 1 is 1.00 bits per heavy atom. The molecule has 0 bridgehead atoms. The zero-order valence-corrected chi connectivity index (χ0v) is 11.0. The van der Waals surface area contributed by atoms with E-state index >= 15 is 0 Å². The molecule has 0 amide bonds. The van der Waals surface area contributed by atoms with Crippen LogP contribution in [-0.4, -0.2) is 12.1 Å². The number of nitrogens with two attached hydrogens (primary N) is 1. The second-order valence-corrected chi connectivity index (χ2v) is 4.44. The Bertz CT molecular complexity index is 537. The average molecular weight is 254 g/mol. The van der Waals surface area contributed by atoms with Crippen molar-refractivity contribution in [2.45, 2.75) is 13.1 Å². The lowest BCUT2D eigenvalue weighted by atomic mass is 10.2. The molecule has 0 saturated carbocycles. The minimum absolute atomic E-state index is 0.599. The molecule has 0 aliphatic heterocycles. The summed E-state index contributed by atoms with van der Waals surface area (Å²) in [4.78, 5) is 0. The summed E-state index contributed by atoms with van der Waals surface area (Å²) >= 11 is 0. The van der Waals surface area contributed by atoms with Crippen LogP contribution < -0.4 is 5.73 Å². The van der Waals surface area contributed by atoms with Crippen LogP contribution in [0.15, 0.2) is 64.9 Å². The van der Waals surface area contributed by atoms with Gasteiger partial charge < -0.3 is 5.73 Å².